The Morgan fingerprint density at radius 2 is 1.85 bits per heavy atom. The van der Waals surface area contributed by atoms with Crippen LogP contribution in [0.2, 0.25) is 10.0 Å². The van der Waals surface area contributed by atoms with Gasteiger partial charge in [0.1, 0.15) is 0 Å². The van der Waals surface area contributed by atoms with Crippen LogP contribution in [0.1, 0.15) is 5.56 Å². The van der Waals surface area contributed by atoms with Gasteiger partial charge in [0.25, 0.3) is 0 Å². The van der Waals surface area contributed by atoms with Crippen LogP contribution >= 0.6 is 23.2 Å². The zero-order valence-corrected chi connectivity index (χ0v) is 15.1. The number of benzene rings is 2. The molecule has 0 heterocycles. The van der Waals surface area contributed by atoms with Gasteiger partial charge in [-0.05, 0) is 36.4 Å². The molecule has 0 unspecified atom stereocenters. The van der Waals surface area contributed by atoms with Gasteiger partial charge in [-0.25, -0.2) is 5.43 Å². The molecule has 26 heavy (non-hydrogen) atoms. The molecule has 0 fully saturated rings. The summed E-state index contributed by atoms with van der Waals surface area (Å²) in [5.41, 5.74) is 4.25. The van der Waals surface area contributed by atoms with Crippen molar-refractivity contribution in [1.82, 2.24) is 10.7 Å². The second-order valence-corrected chi connectivity index (χ2v) is 5.94. The predicted octanol–water partition coefficient (Wildman–Crippen LogP) is 3.49. The maximum absolute atomic E-state index is 11.6. The minimum atomic E-state index is -0.880. The van der Waals surface area contributed by atoms with E-state index < -0.39 is 11.8 Å². The van der Waals surface area contributed by atoms with Crippen molar-refractivity contribution in [2.45, 2.75) is 0 Å². The Morgan fingerprint density at radius 3 is 2.58 bits per heavy atom. The number of hydrogen-bond acceptors (Lipinski definition) is 4. The molecule has 0 spiro atoms. The van der Waals surface area contributed by atoms with E-state index in [4.69, 9.17) is 23.2 Å². The Balaban J connectivity index is 2.10. The van der Waals surface area contributed by atoms with Gasteiger partial charge in [0, 0.05) is 33.5 Å². The third kappa shape index (κ3) is 5.91. The van der Waals surface area contributed by atoms with Gasteiger partial charge in [-0.15, -0.1) is 6.58 Å². The van der Waals surface area contributed by atoms with Crippen LogP contribution < -0.4 is 16.1 Å². The van der Waals surface area contributed by atoms with Crippen molar-refractivity contribution in [3.63, 3.8) is 0 Å². The monoisotopic (exact) mass is 390 g/mol. The zero-order valence-electron chi connectivity index (χ0n) is 13.6. The van der Waals surface area contributed by atoms with Crippen molar-refractivity contribution in [3.05, 3.63) is 70.7 Å². The summed E-state index contributed by atoms with van der Waals surface area (Å²) in [6, 6.07) is 12.4. The van der Waals surface area contributed by atoms with E-state index in [1.165, 1.54) is 12.3 Å². The molecule has 0 aliphatic carbocycles. The highest BCUT2D eigenvalue weighted by molar-refractivity contribution is 6.35. The molecule has 134 valence electrons. The van der Waals surface area contributed by atoms with Crippen molar-refractivity contribution in [1.29, 1.82) is 0 Å². The summed E-state index contributed by atoms with van der Waals surface area (Å²) in [5.74, 6) is -1.68. The van der Waals surface area contributed by atoms with Gasteiger partial charge in [-0.2, -0.15) is 5.10 Å². The third-order valence-corrected chi connectivity index (χ3v) is 3.57. The lowest BCUT2D eigenvalue weighted by Gasteiger charge is -2.10. The van der Waals surface area contributed by atoms with Crippen molar-refractivity contribution >= 4 is 52.6 Å². The Bertz CT molecular complexity index is 853. The third-order valence-electron chi connectivity index (χ3n) is 3.10. The van der Waals surface area contributed by atoms with Gasteiger partial charge in [0.2, 0.25) is 0 Å². The Hall–Kier alpha value is -2.83. The van der Waals surface area contributed by atoms with Crippen molar-refractivity contribution < 1.29 is 9.59 Å². The molecule has 2 amide bonds. The molecule has 0 bridgehead atoms. The van der Waals surface area contributed by atoms with Gasteiger partial charge >= 0.3 is 11.8 Å². The maximum Gasteiger partial charge on any atom is 0.329 e. The lowest BCUT2D eigenvalue weighted by atomic mass is 10.2. The highest BCUT2D eigenvalue weighted by atomic mass is 35.5. The van der Waals surface area contributed by atoms with Crippen molar-refractivity contribution in [2.24, 2.45) is 5.10 Å². The van der Waals surface area contributed by atoms with Crippen LogP contribution in [0.3, 0.4) is 0 Å². The van der Waals surface area contributed by atoms with Crippen molar-refractivity contribution in [3.8, 4) is 0 Å². The standard InChI is InChI=1S/C18H16Cl2N4O2/c1-2-8-21-17(25)18(26)24-22-11-12-9-14(20)6-7-16(12)23-15-5-3-4-13(19)10-15/h2-7,9-11,23H,1,8H2,(H,21,25)(H,24,26)/b22-11-. The Kier molecular flexibility index (Phi) is 7.20. The highest BCUT2D eigenvalue weighted by Gasteiger charge is 2.10. The number of rotatable bonds is 6. The van der Waals surface area contributed by atoms with Crippen LogP contribution in [-0.4, -0.2) is 24.6 Å². The topological polar surface area (TPSA) is 82.6 Å². The van der Waals surface area contributed by atoms with E-state index in [1.54, 1.807) is 30.3 Å². The van der Waals surface area contributed by atoms with Crippen LogP contribution in [0.4, 0.5) is 11.4 Å². The maximum atomic E-state index is 11.6. The van der Waals surface area contributed by atoms with Crippen LogP contribution in [0.15, 0.2) is 60.2 Å². The van der Waals surface area contributed by atoms with E-state index in [1.807, 2.05) is 12.1 Å². The molecule has 8 heteroatoms. The fourth-order valence-electron chi connectivity index (χ4n) is 1.93. The molecule has 0 aromatic heterocycles. The van der Waals surface area contributed by atoms with Crippen LogP contribution in [0.25, 0.3) is 0 Å². The SMILES string of the molecule is C=CCNC(=O)C(=O)N/N=C\c1cc(Cl)ccc1Nc1cccc(Cl)c1. The molecule has 0 atom stereocenters. The van der Waals surface area contributed by atoms with Gasteiger partial charge in [0.05, 0.1) is 6.21 Å². The summed E-state index contributed by atoms with van der Waals surface area (Å²) in [4.78, 5) is 23.0. The summed E-state index contributed by atoms with van der Waals surface area (Å²) >= 11 is 12.0. The summed E-state index contributed by atoms with van der Waals surface area (Å²) in [6.07, 6.45) is 2.85. The normalized spacial score (nSPS) is 10.4. The van der Waals surface area contributed by atoms with E-state index in [0.29, 0.717) is 21.3 Å². The van der Waals surface area contributed by atoms with Crippen LogP contribution in [0.5, 0.6) is 0 Å². The van der Waals surface area contributed by atoms with Gasteiger partial charge < -0.3 is 10.6 Å². The second kappa shape index (κ2) is 9.60. The number of halogens is 2. The van der Waals surface area contributed by atoms with E-state index in [2.05, 4.69) is 27.7 Å². The molecular weight excluding hydrogens is 375 g/mol. The zero-order chi connectivity index (χ0) is 18.9. The van der Waals surface area contributed by atoms with Gasteiger partial charge in [-0.3, -0.25) is 9.59 Å². The molecule has 2 aromatic carbocycles. The first-order valence-corrected chi connectivity index (χ1v) is 8.29. The number of amides is 2. The molecule has 6 nitrogen and oxygen atoms in total. The summed E-state index contributed by atoms with van der Waals surface area (Å²) in [6.45, 7) is 3.64. The lowest BCUT2D eigenvalue weighted by Crippen LogP contribution is -2.37. The number of carbonyl (C=O) groups is 2. The van der Waals surface area contributed by atoms with Gasteiger partial charge in [0.15, 0.2) is 0 Å². The molecule has 3 N–H and O–H groups in total. The Morgan fingerprint density at radius 1 is 1.08 bits per heavy atom. The Labute approximate surface area is 160 Å². The minimum Gasteiger partial charge on any atom is -0.355 e. The van der Waals surface area contributed by atoms with E-state index in [-0.39, 0.29) is 6.54 Å². The van der Waals surface area contributed by atoms with Gasteiger partial charge in [-0.1, -0.05) is 35.3 Å². The summed E-state index contributed by atoms with van der Waals surface area (Å²) < 4.78 is 0. The number of carbonyl (C=O) groups excluding carboxylic acids is 2. The molecule has 2 rings (SSSR count). The number of anilines is 2. The lowest BCUT2D eigenvalue weighted by molar-refractivity contribution is -0.139. The quantitative estimate of drug-likeness (QED) is 0.305. The van der Waals surface area contributed by atoms with Crippen molar-refractivity contribution in [2.75, 3.05) is 11.9 Å². The first kappa shape index (κ1) is 19.5. The van der Waals surface area contributed by atoms with E-state index >= 15 is 0 Å². The molecule has 0 aliphatic rings. The first-order chi connectivity index (χ1) is 12.5. The summed E-state index contributed by atoms with van der Waals surface area (Å²) in [7, 11) is 0. The highest BCUT2D eigenvalue weighted by Crippen LogP contribution is 2.24. The smallest absolute Gasteiger partial charge is 0.329 e. The predicted molar refractivity (Wildman–Crippen MR) is 105 cm³/mol. The molecular formula is C18H16Cl2N4O2. The molecule has 0 radical (unpaired) electrons. The number of nitrogens with zero attached hydrogens (tertiary/aromatic N) is 1. The van der Waals surface area contributed by atoms with E-state index in [9.17, 15) is 9.59 Å². The fourth-order valence-corrected chi connectivity index (χ4v) is 2.30. The minimum absolute atomic E-state index is 0.192. The second-order valence-electron chi connectivity index (χ2n) is 5.06. The largest absolute Gasteiger partial charge is 0.355 e. The van der Waals surface area contributed by atoms with Crippen LogP contribution in [0, 0.1) is 0 Å². The van der Waals surface area contributed by atoms with Crippen LogP contribution in [-0.2, 0) is 9.59 Å². The molecule has 0 aliphatic heterocycles. The average Bonchev–Trinajstić information content (AvgIpc) is 2.61. The molecule has 2 aromatic rings. The summed E-state index contributed by atoms with van der Waals surface area (Å²) in [5, 5.41) is 10.4. The number of nitrogens with one attached hydrogen (secondary N) is 3. The fraction of sp³-hybridized carbons (Fsp3) is 0.0556. The number of hydrazone groups is 1. The number of hydrogen-bond donors (Lipinski definition) is 3. The molecule has 0 saturated heterocycles. The van der Waals surface area contributed by atoms with E-state index in [0.717, 1.165) is 5.69 Å². The molecule has 0 saturated carbocycles. The first-order valence-electron chi connectivity index (χ1n) is 7.54. The average molecular weight is 391 g/mol.